The first-order chi connectivity index (χ1) is 15.2. The average molecular weight is 507 g/mol. The van der Waals surface area contributed by atoms with Gasteiger partial charge in [0.05, 0.1) is 6.04 Å². The van der Waals surface area contributed by atoms with E-state index in [4.69, 9.17) is 17.3 Å². The van der Waals surface area contributed by atoms with Gasteiger partial charge < -0.3 is 15.7 Å². The molecule has 0 bridgehead atoms. The maximum Gasteiger partial charge on any atom is 0.421 e. The average Bonchev–Trinajstić information content (AvgIpc) is 2.73. The van der Waals surface area contributed by atoms with E-state index in [0.717, 1.165) is 12.4 Å². The molecule has 33 heavy (non-hydrogen) atoms. The number of rotatable bonds is 5. The van der Waals surface area contributed by atoms with Crippen molar-refractivity contribution in [2.45, 2.75) is 36.6 Å². The number of pyridine rings is 1. The third kappa shape index (κ3) is 5.21. The predicted molar refractivity (Wildman–Crippen MR) is 116 cm³/mol. The number of aliphatic hydroxyl groups is 1. The molecule has 0 spiro atoms. The molecule has 180 valence electrons. The highest BCUT2D eigenvalue weighted by molar-refractivity contribution is 7.89. The number of halogens is 4. The number of allylic oxidation sites excluding steroid dienone is 1. The zero-order chi connectivity index (χ0) is 24.6. The summed E-state index contributed by atoms with van der Waals surface area (Å²) in [6, 6.07) is 2.15. The Morgan fingerprint density at radius 3 is 2.36 bits per heavy atom. The molecule has 1 fully saturated rings. The molecule has 1 aliphatic rings. The maximum atomic E-state index is 13.1. The van der Waals surface area contributed by atoms with Crippen molar-refractivity contribution in [3.63, 3.8) is 0 Å². The van der Waals surface area contributed by atoms with Crippen molar-refractivity contribution in [2.75, 3.05) is 30.3 Å². The number of nitrogens with two attached hydrogens (primary N) is 1. The van der Waals surface area contributed by atoms with Crippen LogP contribution in [-0.4, -0.2) is 64.6 Å². The topological polar surface area (TPSA) is 126 Å². The Morgan fingerprint density at radius 1 is 1.21 bits per heavy atom. The van der Waals surface area contributed by atoms with Crippen LogP contribution in [-0.2, 0) is 15.6 Å². The quantitative estimate of drug-likeness (QED) is 0.632. The lowest BCUT2D eigenvalue weighted by Gasteiger charge is -2.39. The van der Waals surface area contributed by atoms with Crippen LogP contribution >= 0.6 is 11.6 Å². The third-order valence-corrected chi connectivity index (χ3v) is 7.18. The second kappa shape index (κ2) is 9.05. The molecule has 2 aromatic heterocycles. The van der Waals surface area contributed by atoms with E-state index in [1.54, 1.807) is 17.9 Å². The van der Waals surface area contributed by atoms with Gasteiger partial charge in [-0.2, -0.15) is 17.5 Å². The molecule has 1 saturated heterocycles. The molecule has 2 atom stereocenters. The van der Waals surface area contributed by atoms with E-state index < -0.39 is 33.4 Å². The van der Waals surface area contributed by atoms with Gasteiger partial charge in [-0.05, 0) is 32.1 Å². The molecule has 0 aliphatic carbocycles. The number of aromatic nitrogens is 3. The van der Waals surface area contributed by atoms with E-state index in [0.29, 0.717) is 12.0 Å². The highest BCUT2D eigenvalue weighted by atomic mass is 35.5. The third-order valence-electron chi connectivity index (χ3n) is 5.21. The zero-order valence-corrected chi connectivity index (χ0v) is 19.2. The van der Waals surface area contributed by atoms with Crippen LogP contribution in [0.3, 0.4) is 0 Å². The van der Waals surface area contributed by atoms with Crippen molar-refractivity contribution in [1.29, 1.82) is 0 Å². The molecule has 3 N–H and O–H groups in total. The van der Waals surface area contributed by atoms with Crippen LogP contribution < -0.4 is 10.6 Å². The Bertz CT molecular complexity index is 1120. The van der Waals surface area contributed by atoms with E-state index in [1.165, 1.54) is 22.6 Å². The van der Waals surface area contributed by atoms with Gasteiger partial charge in [-0.15, -0.1) is 0 Å². The van der Waals surface area contributed by atoms with E-state index in [2.05, 4.69) is 15.0 Å². The van der Waals surface area contributed by atoms with Crippen LogP contribution in [0.5, 0.6) is 0 Å². The number of alkyl halides is 3. The molecule has 1 aliphatic heterocycles. The summed E-state index contributed by atoms with van der Waals surface area (Å²) < 4.78 is 66.6. The second-order valence-electron chi connectivity index (χ2n) is 7.64. The fourth-order valence-electron chi connectivity index (χ4n) is 3.24. The Hall–Kier alpha value is -2.48. The van der Waals surface area contributed by atoms with Crippen LogP contribution in [0, 0.1) is 0 Å². The second-order valence-corrected chi connectivity index (χ2v) is 10.2. The lowest BCUT2D eigenvalue weighted by molar-refractivity contribution is -0.259. The van der Waals surface area contributed by atoms with Crippen molar-refractivity contribution in [3.05, 3.63) is 47.4 Å². The molecule has 0 amide bonds. The summed E-state index contributed by atoms with van der Waals surface area (Å²) in [5.41, 5.74) is 1.90. The van der Waals surface area contributed by atoms with Gasteiger partial charge >= 0.3 is 6.18 Å². The lowest BCUT2D eigenvalue weighted by atomic mass is 9.99. The largest absolute Gasteiger partial charge is 0.421 e. The first kappa shape index (κ1) is 25.1. The summed E-state index contributed by atoms with van der Waals surface area (Å²) >= 11 is 6.04. The summed E-state index contributed by atoms with van der Waals surface area (Å²) in [6.07, 6.45) is -0.340. The van der Waals surface area contributed by atoms with Crippen LogP contribution in [0.25, 0.3) is 0 Å². The molecule has 0 aromatic carbocycles. The van der Waals surface area contributed by atoms with Crippen molar-refractivity contribution in [3.8, 4) is 0 Å². The first-order valence-corrected chi connectivity index (χ1v) is 11.5. The summed E-state index contributed by atoms with van der Waals surface area (Å²) in [4.78, 5) is 13.4. The maximum absolute atomic E-state index is 13.1. The fourth-order valence-corrected chi connectivity index (χ4v) is 4.78. The van der Waals surface area contributed by atoms with Gasteiger partial charge in [0.25, 0.3) is 0 Å². The van der Waals surface area contributed by atoms with Crippen molar-refractivity contribution in [1.82, 2.24) is 19.3 Å². The van der Waals surface area contributed by atoms with E-state index in [9.17, 15) is 26.7 Å². The summed E-state index contributed by atoms with van der Waals surface area (Å²) in [6.45, 7) is 2.42. The lowest BCUT2D eigenvalue weighted by Crippen LogP contribution is -2.54. The van der Waals surface area contributed by atoms with Crippen molar-refractivity contribution >= 4 is 33.4 Å². The summed E-state index contributed by atoms with van der Waals surface area (Å²) in [7, 11) is -3.88. The van der Waals surface area contributed by atoms with Crippen LogP contribution in [0.15, 0.2) is 46.7 Å². The summed E-state index contributed by atoms with van der Waals surface area (Å²) in [5.74, 6) is 0.254. The predicted octanol–water partition coefficient (Wildman–Crippen LogP) is 2.25. The van der Waals surface area contributed by atoms with Gasteiger partial charge in [-0.25, -0.2) is 23.4 Å². The van der Waals surface area contributed by atoms with Crippen molar-refractivity contribution < 1.29 is 26.7 Å². The number of hydrogen-bond donors (Lipinski definition) is 2. The summed E-state index contributed by atoms with van der Waals surface area (Å²) in [5, 5.41) is 10.2. The molecule has 9 nitrogen and oxygen atoms in total. The zero-order valence-electron chi connectivity index (χ0n) is 17.7. The van der Waals surface area contributed by atoms with Gasteiger partial charge in [0.15, 0.2) is 5.60 Å². The Balaban J connectivity index is 1.88. The normalized spacial score (nSPS) is 20.5. The monoisotopic (exact) mass is 506 g/mol. The number of sulfonamides is 1. The van der Waals surface area contributed by atoms with E-state index in [-0.39, 0.29) is 36.3 Å². The molecular formula is C19H22ClF3N6O3S. The minimum Gasteiger partial charge on any atom is -0.384 e. The van der Waals surface area contributed by atoms with Crippen LogP contribution in [0.4, 0.5) is 24.9 Å². The number of hydrogen-bond acceptors (Lipinski definition) is 8. The molecule has 0 saturated carbocycles. The molecule has 14 heteroatoms. The van der Waals surface area contributed by atoms with Gasteiger partial charge in [0, 0.05) is 48.8 Å². The highest BCUT2D eigenvalue weighted by Gasteiger charge is 2.51. The minimum absolute atomic E-state index is 0.0118. The fraction of sp³-hybridized carbons (Fsp3) is 0.421. The first-order valence-electron chi connectivity index (χ1n) is 9.67. The molecule has 3 heterocycles. The Labute approximate surface area is 193 Å². The molecule has 0 radical (unpaired) electrons. The minimum atomic E-state index is -4.91. The molecular weight excluding hydrogens is 485 g/mol. The SMILES string of the molecule is C/C(Cl)=C/[C@H]1CN(S(=O)(=O)c2ccc(N)nc2)CCN1c1ncc([C@@](C)(O)C(F)(F)F)cn1. The van der Waals surface area contributed by atoms with Gasteiger partial charge in [0.2, 0.25) is 16.0 Å². The molecule has 3 rings (SSSR count). The van der Waals surface area contributed by atoms with Gasteiger partial charge in [0.1, 0.15) is 10.7 Å². The number of nitrogen functional groups attached to an aromatic ring is 1. The van der Waals surface area contributed by atoms with Gasteiger partial charge in [-0.3, -0.25) is 0 Å². The van der Waals surface area contributed by atoms with Crippen molar-refractivity contribution in [2.24, 2.45) is 0 Å². The smallest absolute Gasteiger partial charge is 0.384 e. The number of anilines is 2. The highest BCUT2D eigenvalue weighted by Crippen LogP contribution is 2.38. The molecule has 0 unspecified atom stereocenters. The Kier molecular flexibility index (Phi) is 6.89. The Morgan fingerprint density at radius 2 is 1.85 bits per heavy atom. The van der Waals surface area contributed by atoms with Crippen LogP contribution in [0.1, 0.15) is 19.4 Å². The standard InChI is InChI=1S/C19H22ClF3N6O3S/c1-12(20)7-14-11-28(33(31,32)15-3-4-16(24)25-10-15)5-6-29(14)17-26-8-13(9-27-17)18(2,30)19(21,22)23/h3-4,7-10,14,30H,5-6,11H2,1-2H3,(H2,24,25)/b12-7-/t14-,18+/m0/s1. The van der Waals surface area contributed by atoms with E-state index >= 15 is 0 Å². The van der Waals surface area contributed by atoms with E-state index in [1.807, 2.05) is 0 Å². The van der Waals surface area contributed by atoms with Gasteiger partial charge in [-0.1, -0.05) is 11.6 Å². The molecule has 2 aromatic rings. The number of piperazine rings is 1. The van der Waals surface area contributed by atoms with Crippen LogP contribution in [0.2, 0.25) is 0 Å². The number of nitrogens with zero attached hydrogens (tertiary/aromatic N) is 5.